The highest BCUT2D eigenvalue weighted by molar-refractivity contribution is 5.75. The number of aliphatic hydroxyl groups excluding tert-OH is 2. The highest BCUT2D eigenvalue weighted by Crippen LogP contribution is 2.38. The number of benzene rings is 2. The average molecular weight is 651 g/mol. The van der Waals surface area contributed by atoms with E-state index in [-0.39, 0.29) is 37.4 Å². The minimum Gasteiger partial charge on any atom is -0.395 e. The number of nitrogens with one attached hydrogen (secondary N) is 1. The molecule has 0 saturated carbocycles. The summed E-state index contributed by atoms with van der Waals surface area (Å²) in [5, 5.41) is 22.4. The minimum atomic E-state index is -0.509. The van der Waals surface area contributed by atoms with Crippen LogP contribution in [0.5, 0.6) is 0 Å². The smallest absolute Gasteiger partial charge is 0.220 e. The Morgan fingerprint density at radius 1 is 0.787 bits per heavy atom. The van der Waals surface area contributed by atoms with Gasteiger partial charge in [-0.3, -0.25) is 9.69 Å². The first kappa shape index (κ1) is 37.5. The molecule has 2 heterocycles. The van der Waals surface area contributed by atoms with E-state index in [2.05, 4.69) is 17.1 Å². The van der Waals surface area contributed by atoms with E-state index in [1.165, 1.54) is 70.6 Å². The monoisotopic (exact) mass is 650 g/mol. The number of ether oxygens (including phenoxy) is 2. The van der Waals surface area contributed by atoms with Crippen LogP contribution in [0.15, 0.2) is 48.5 Å². The minimum absolute atomic E-state index is 0.0178. The van der Waals surface area contributed by atoms with Crippen LogP contribution in [0.4, 0.5) is 0 Å². The maximum Gasteiger partial charge on any atom is 0.220 e. The molecule has 2 aliphatic rings. The van der Waals surface area contributed by atoms with Gasteiger partial charge in [-0.2, -0.15) is 0 Å². The Labute approximate surface area is 284 Å². The summed E-state index contributed by atoms with van der Waals surface area (Å²) >= 11 is 0. The van der Waals surface area contributed by atoms with Gasteiger partial charge in [0.25, 0.3) is 0 Å². The normalized spacial score (nSPS) is 21.7. The lowest BCUT2D eigenvalue weighted by Crippen LogP contribution is -2.42. The van der Waals surface area contributed by atoms with Gasteiger partial charge in [-0.1, -0.05) is 133 Å². The van der Waals surface area contributed by atoms with Gasteiger partial charge in [0.05, 0.1) is 25.4 Å². The molecule has 3 N–H and O–H groups in total. The molecule has 1 amide bonds. The number of aliphatic hydroxyl groups is 2. The zero-order chi connectivity index (χ0) is 33.1. The Balaban J connectivity index is 1.17. The van der Waals surface area contributed by atoms with Crippen LogP contribution in [-0.2, 0) is 27.4 Å². The third kappa shape index (κ3) is 13.3. The van der Waals surface area contributed by atoms with Crippen LogP contribution in [0.3, 0.4) is 0 Å². The van der Waals surface area contributed by atoms with Crippen molar-refractivity contribution in [3.8, 4) is 0 Å². The summed E-state index contributed by atoms with van der Waals surface area (Å²) in [7, 11) is 0. The van der Waals surface area contributed by atoms with E-state index >= 15 is 0 Å². The Morgan fingerprint density at radius 2 is 1.38 bits per heavy atom. The van der Waals surface area contributed by atoms with E-state index in [1.54, 1.807) is 0 Å². The zero-order valence-electron chi connectivity index (χ0n) is 29.1. The van der Waals surface area contributed by atoms with Gasteiger partial charge in [-0.25, -0.2) is 0 Å². The van der Waals surface area contributed by atoms with Crippen LogP contribution in [0.2, 0.25) is 0 Å². The molecule has 7 heteroatoms. The van der Waals surface area contributed by atoms with E-state index in [0.29, 0.717) is 13.0 Å². The van der Waals surface area contributed by atoms with Crippen LogP contribution in [0.25, 0.3) is 0 Å². The standard InChI is InChI=1S/C40H62N2O5/c1-2-3-4-5-6-7-8-9-10-11-12-13-14-17-39(45)41-28-32-18-24-35(25-19-32)40-46-37(29-42-26-15-16-36(42)31-44)27-38(47-40)34-22-20-33(30-43)21-23-34/h18-25,36-38,40,43-44H,2-17,26-31H2,1H3,(H,41,45)/t36-,37-,38+,40?/m0/s1. The van der Waals surface area contributed by atoms with Crippen LogP contribution in [0, 0.1) is 0 Å². The lowest BCUT2D eigenvalue weighted by Gasteiger charge is -2.38. The summed E-state index contributed by atoms with van der Waals surface area (Å²) in [4.78, 5) is 14.8. The van der Waals surface area contributed by atoms with Crippen molar-refractivity contribution in [3.05, 3.63) is 70.8 Å². The van der Waals surface area contributed by atoms with Crippen molar-refractivity contribution in [2.75, 3.05) is 19.7 Å². The molecular formula is C40H62N2O5. The fraction of sp³-hybridized carbons (Fsp3) is 0.675. The molecule has 0 spiro atoms. The number of hydrogen-bond donors (Lipinski definition) is 3. The van der Waals surface area contributed by atoms with E-state index in [9.17, 15) is 15.0 Å². The van der Waals surface area contributed by atoms with Crippen molar-refractivity contribution in [1.29, 1.82) is 0 Å². The summed E-state index contributed by atoms with van der Waals surface area (Å²) in [6.07, 6.45) is 19.7. The van der Waals surface area contributed by atoms with E-state index < -0.39 is 6.29 Å². The molecule has 262 valence electrons. The summed E-state index contributed by atoms with van der Waals surface area (Å²) in [6.45, 7) is 4.73. The zero-order valence-corrected chi connectivity index (χ0v) is 29.1. The van der Waals surface area contributed by atoms with Crippen LogP contribution in [0.1, 0.15) is 151 Å². The largest absolute Gasteiger partial charge is 0.395 e. The summed E-state index contributed by atoms with van der Waals surface area (Å²) in [5.41, 5.74) is 3.96. The topological polar surface area (TPSA) is 91.3 Å². The average Bonchev–Trinajstić information content (AvgIpc) is 3.56. The number of unbranched alkanes of at least 4 members (excludes halogenated alkanes) is 12. The Morgan fingerprint density at radius 3 is 2.00 bits per heavy atom. The molecule has 7 nitrogen and oxygen atoms in total. The maximum atomic E-state index is 12.5. The van der Waals surface area contributed by atoms with Gasteiger partial charge in [0.2, 0.25) is 5.91 Å². The third-order valence-electron chi connectivity index (χ3n) is 10.0. The fourth-order valence-electron chi connectivity index (χ4n) is 7.02. The molecule has 4 atom stereocenters. The molecule has 4 rings (SSSR count). The van der Waals surface area contributed by atoms with Crippen molar-refractivity contribution >= 4 is 5.91 Å². The molecule has 2 aliphatic heterocycles. The Hall–Kier alpha value is -2.29. The highest BCUT2D eigenvalue weighted by atomic mass is 16.7. The van der Waals surface area contributed by atoms with Gasteiger partial charge in [0.15, 0.2) is 6.29 Å². The first-order chi connectivity index (χ1) is 23.1. The lowest BCUT2D eigenvalue weighted by molar-refractivity contribution is -0.253. The molecule has 2 fully saturated rings. The van der Waals surface area contributed by atoms with Crippen molar-refractivity contribution in [2.24, 2.45) is 0 Å². The molecule has 0 aliphatic carbocycles. The fourth-order valence-corrected chi connectivity index (χ4v) is 7.02. The molecule has 1 unspecified atom stereocenters. The molecule has 2 aromatic rings. The lowest BCUT2D eigenvalue weighted by atomic mass is 9.99. The van der Waals surface area contributed by atoms with E-state index in [4.69, 9.17) is 9.47 Å². The third-order valence-corrected chi connectivity index (χ3v) is 10.0. The quantitative estimate of drug-likeness (QED) is 0.111. The predicted octanol–water partition coefficient (Wildman–Crippen LogP) is 8.28. The summed E-state index contributed by atoms with van der Waals surface area (Å²) in [5.74, 6) is 0.122. The van der Waals surface area contributed by atoms with Crippen molar-refractivity contribution in [3.63, 3.8) is 0 Å². The molecular weight excluding hydrogens is 588 g/mol. The van der Waals surface area contributed by atoms with Gasteiger partial charge in [0, 0.05) is 37.5 Å². The number of carbonyl (C=O) groups excluding carboxylic acids is 1. The van der Waals surface area contributed by atoms with Gasteiger partial charge >= 0.3 is 0 Å². The number of rotatable bonds is 22. The summed E-state index contributed by atoms with van der Waals surface area (Å²) in [6, 6.07) is 16.3. The van der Waals surface area contributed by atoms with Gasteiger partial charge < -0.3 is 25.0 Å². The maximum absolute atomic E-state index is 12.5. The second kappa shape index (κ2) is 21.6. The molecule has 0 radical (unpaired) electrons. The van der Waals surface area contributed by atoms with E-state index in [1.807, 2.05) is 48.5 Å². The van der Waals surface area contributed by atoms with Gasteiger partial charge in [0.1, 0.15) is 0 Å². The highest BCUT2D eigenvalue weighted by Gasteiger charge is 2.35. The molecule has 2 aromatic carbocycles. The van der Waals surface area contributed by atoms with Crippen molar-refractivity contribution in [1.82, 2.24) is 10.2 Å². The SMILES string of the molecule is CCCCCCCCCCCCCCCC(=O)NCc1ccc(C2O[C@H](CN3CCC[C@H]3CO)C[C@H](c3ccc(CO)cc3)O2)cc1. The first-order valence-corrected chi connectivity index (χ1v) is 18.8. The molecule has 47 heavy (non-hydrogen) atoms. The van der Waals surface area contributed by atoms with Gasteiger partial charge in [-0.05, 0) is 42.5 Å². The summed E-state index contributed by atoms with van der Waals surface area (Å²) < 4.78 is 13.0. The molecule has 0 bridgehead atoms. The van der Waals surface area contributed by atoms with Crippen LogP contribution >= 0.6 is 0 Å². The number of likely N-dealkylation sites (tertiary alicyclic amines) is 1. The predicted molar refractivity (Wildman–Crippen MR) is 189 cm³/mol. The molecule has 2 saturated heterocycles. The second-order valence-electron chi connectivity index (χ2n) is 13.8. The first-order valence-electron chi connectivity index (χ1n) is 18.8. The van der Waals surface area contributed by atoms with Crippen LogP contribution < -0.4 is 5.32 Å². The number of carbonyl (C=O) groups is 1. The van der Waals surface area contributed by atoms with Crippen molar-refractivity contribution in [2.45, 2.75) is 154 Å². The van der Waals surface area contributed by atoms with Crippen molar-refractivity contribution < 1.29 is 24.5 Å². The van der Waals surface area contributed by atoms with Gasteiger partial charge in [-0.15, -0.1) is 0 Å². The number of nitrogens with zero attached hydrogens (tertiary/aromatic N) is 1. The Kier molecular flexibility index (Phi) is 17.3. The number of amides is 1. The van der Waals surface area contributed by atoms with E-state index in [0.717, 1.165) is 67.4 Å². The molecule has 0 aromatic heterocycles. The van der Waals surface area contributed by atoms with Crippen LogP contribution in [-0.4, -0.2) is 52.9 Å². The second-order valence-corrected chi connectivity index (χ2v) is 13.8. The number of hydrogen-bond acceptors (Lipinski definition) is 6. The Bertz CT molecular complexity index is 1120.